The number of anilines is 1. The van der Waals surface area contributed by atoms with Crippen LogP contribution in [0.25, 0.3) is 0 Å². The number of carboxylic acids is 1. The molecule has 0 bridgehead atoms. The molecule has 0 aromatic heterocycles. The van der Waals surface area contributed by atoms with Crippen LogP contribution < -0.4 is 5.32 Å². The molecule has 0 unspecified atom stereocenters. The second-order valence-electron chi connectivity index (χ2n) is 4.99. The Bertz CT molecular complexity index is 524. The maximum absolute atomic E-state index is 12.1. The van der Waals surface area contributed by atoms with Crippen LogP contribution >= 0.6 is 0 Å². The van der Waals surface area contributed by atoms with Gasteiger partial charge in [0.15, 0.2) is 5.75 Å². The Hall–Kier alpha value is -2.24. The van der Waals surface area contributed by atoms with Crippen LogP contribution in [0.5, 0.6) is 5.75 Å². The standard InChI is InChI=1S/C14H18N2O4/c1-16(9-5-2-3-6-9)14(20)15-11-8-4-7-10(12(11)17)13(18)19/h4,7-9,17H,2-3,5-6H2,1H3,(H,15,20)(H,18,19). The van der Waals surface area contributed by atoms with E-state index in [-0.39, 0.29) is 23.3 Å². The molecule has 1 saturated carbocycles. The number of phenols is 1. The Kier molecular flexibility index (Phi) is 4.12. The highest BCUT2D eigenvalue weighted by Crippen LogP contribution is 2.28. The van der Waals surface area contributed by atoms with E-state index in [2.05, 4.69) is 5.32 Å². The minimum Gasteiger partial charge on any atom is -0.505 e. The minimum atomic E-state index is -1.23. The Balaban J connectivity index is 2.11. The van der Waals surface area contributed by atoms with Gasteiger partial charge >= 0.3 is 12.0 Å². The van der Waals surface area contributed by atoms with E-state index in [9.17, 15) is 14.7 Å². The molecule has 1 aliphatic carbocycles. The van der Waals surface area contributed by atoms with E-state index in [0.29, 0.717) is 0 Å². The third-order valence-corrected chi connectivity index (χ3v) is 3.70. The number of nitrogens with zero attached hydrogens (tertiary/aromatic N) is 1. The molecule has 108 valence electrons. The first kappa shape index (κ1) is 14.2. The number of hydrogen-bond donors (Lipinski definition) is 3. The van der Waals surface area contributed by atoms with Gasteiger partial charge in [-0.3, -0.25) is 0 Å². The molecule has 0 spiro atoms. The molecule has 2 amide bonds. The third kappa shape index (κ3) is 2.84. The molecule has 3 N–H and O–H groups in total. The molecule has 0 atom stereocenters. The molecule has 1 aliphatic rings. The van der Waals surface area contributed by atoms with Crippen molar-refractivity contribution in [2.75, 3.05) is 12.4 Å². The van der Waals surface area contributed by atoms with Gasteiger partial charge in [-0.25, -0.2) is 9.59 Å². The van der Waals surface area contributed by atoms with Crippen molar-refractivity contribution in [3.63, 3.8) is 0 Å². The molecule has 1 aromatic rings. The van der Waals surface area contributed by atoms with Gasteiger partial charge in [0.2, 0.25) is 0 Å². The van der Waals surface area contributed by atoms with Crippen LogP contribution in [0.3, 0.4) is 0 Å². The summed E-state index contributed by atoms with van der Waals surface area (Å²) >= 11 is 0. The number of amides is 2. The summed E-state index contributed by atoms with van der Waals surface area (Å²) in [6.45, 7) is 0. The van der Waals surface area contributed by atoms with E-state index in [0.717, 1.165) is 25.7 Å². The van der Waals surface area contributed by atoms with E-state index in [1.54, 1.807) is 11.9 Å². The summed E-state index contributed by atoms with van der Waals surface area (Å²) < 4.78 is 0. The van der Waals surface area contributed by atoms with Crippen LogP contribution in [0.15, 0.2) is 18.2 Å². The summed E-state index contributed by atoms with van der Waals surface area (Å²) in [7, 11) is 1.71. The zero-order chi connectivity index (χ0) is 14.7. The Morgan fingerprint density at radius 1 is 1.30 bits per heavy atom. The lowest BCUT2D eigenvalue weighted by Gasteiger charge is -2.24. The summed E-state index contributed by atoms with van der Waals surface area (Å²) in [5.41, 5.74) is -0.119. The second-order valence-corrected chi connectivity index (χ2v) is 4.99. The maximum Gasteiger partial charge on any atom is 0.339 e. The largest absolute Gasteiger partial charge is 0.505 e. The van der Waals surface area contributed by atoms with Gasteiger partial charge in [0.1, 0.15) is 5.56 Å². The van der Waals surface area contributed by atoms with Crippen LogP contribution in [0, 0.1) is 0 Å². The number of aromatic hydroxyl groups is 1. The Labute approximate surface area is 117 Å². The predicted octanol–water partition coefficient (Wildman–Crippen LogP) is 2.50. The van der Waals surface area contributed by atoms with Gasteiger partial charge in [-0.2, -0.15) is 0 Å². The number of para-hydroxylation sites is 1. The number of urea groups is 1. The average Bonchev–Trinajstić information content (AvgIpc) is 2.93. The van der Waals surface area contributed by atoms with Gasteiger partial charge in [0.25, 0.3) is 0 Å². The van der Waals surface area contributed by atoms with Gasteiger partial charge in [-0.1, -0.05) is 18.9 Å². The van der Waals surface area contributed by atoms with E-state index < -0.39 is 11.7 Å². The predicted molar refractivity (Wildman–Crippen MR) is 74.1 cm³/mol. The maximum atomic E-state index is 12.1. The number of aromatic carboxylic acids is 1. The minimum absolute atomic E-state index is 0.111. The molecule has 20 heavy (non-hydrogen) atoms. The molecule has 0 saturated heterocycles. The van der Waals surface area contributed by atoms with Gasteiger partial charge in [-0.15, -0.1) is 0 Å². The lowest BCUT2D eigenvalue weighted by Crippen LogP contribution is -2.38. The fraction of sp³-hybridized carbons (Fsp3) is 0.429. The number of rotatable bonds is 3. The molecular weight excluding hydrogens is 260 g/mol. The molecule has 0 heterocycles. The van der Waals surface area contributed by atoms with Crippen molar-refractivity contribution in [3.05, 3.63) is 23.8 Å². The average molecular weight is 278 g/mol. The molecule has 1 aromatic carbocycles. The van der Waals surface area contributed by atoms with Crippen LogP contribution in [0.1, 0.15) is 36.0 Å². The van der Waals surface area contributed by atoms with Crippen LogP contribution in [0.2, 0.25) is 0 Å². The van der Waals surface area contributed by atoms with Crippen LogP contribution in [-0.2, 0) is 0 Å². The Morgan fingerprint density at radius 3 is 2.55 bits per heavy atom. The molecule has 0 aliphatic heterocycles. The van der Waals surface area contributed by atoms with Crippen molar-refractivity contribution in [1.82, 2.24) is 4.90 Å². The van der Waals surface area contributed by atoms with Crippen molar-refractivity contribution in [2.24, 2.45) is 0 Å². The van der Waals surface area contributed by atoms with E-state index in [1.807, 2.05) is 0 Å². The van der Waals surface area contributed by atoms with E-state index >= 15 is 0 Å². The summed E-state index contributed by atoms with van der Waals surface area (Å²) in [6, 6.07) is 4.11. The molecule has 6 heteroatoms. The fourth-order valence-corrected chi connectivity index (χ4v) is 2.48. The fourth-order valence-electron chi connectivity index (χ4n) is 2.48. The number of benzene rings is 1. The third-order valence-electron chi connectivity index (χ3n) is 3.70. The molecule has 0 radical (unpaired) electrons. The van der Waals surface area contributed by atoms with Gasteiger partial charge < -0.3 is 20.4 Å². The smallest absolute Gasteiger partial charge is 0.339 e. The lowest BCUT2D eigenvalue weighted by molar-refractivity contribution is 0.0693. The van der Waals surface area contributed by atoms with Crippen molar-refractivity contribution in [2.45, 2.75) is 31.7 Å². The van der Waals surface area contributed by atoms with Gasteiger partial charge in [0.05, 0.1) is 5.69 Å². The molecule has 6 nitrogen and oxygen atoms in total. The monoisotopic (exact) mass is 278 g/mol. The van der Waals surface area contributed by atoms with E-state index in [1.165, 1.54) is 18.2 Å². The Morgan fingerprint density at radius 2 is 1.95 bits per heavy atom. The van der Waals surface area contributed by atoms with Gasteiger partial charge in [0, 0.05) is 13.1 Å². The second kappa shape index (κ2) is 5.81. The SMILES string of the molecule is CN(C(=O)Nc1cccc(C(=O)O)c1O)C1CCCC1. The van der Waals surface area contributed by atoms with Crippen molar-refractivity contribution in [3.8, 4) is 5.75 Å². The molecule has 2 rings (SSSR count). The zero-order valence-corrected chi connectivity index (χ0v) is 11.3. The topological polar surface area (TPSA) is 89.9 Å². The first-order valence-electron chi connectivity index (χ1n) is 6.59. The first-order chi connectivity index (χ1) is 9.50. The highest BCUT2D eigenvalue weighted by Gasteiger charge is 2.24. The number of carbonyl (C=O) groups excluding carboxylic acids is 1. The first-order valence-corrected chi connectivity index (χ1v) is 6.59. The lowest BCUT2D eigenvalue weighted by atomic mass is 10.1. The quantitative estimate of drug-likeness (QED) is 0.741. The number of carboxylic acid groups (broad SMARTS) is 1. The van der Waals surface area contributed by atoms with Crippen LogP contribution in [-0.4, -0.2) is 40.2 Å². The molecular formula is C14H18N2O4. The summed E-state index contributed by atoms with van der Waals surface area (Å²) in [4.78, 5) is 24.6. The number of hydrogen-bond acceptors (Lipinski definition) is 3. The highest BCUT2D eigenvalue weighted by atomic mass is 16.4. The molecule has 1 fully saturated rings. The van der Waals surface area contributed by atoms with E-state index in [4.69, 9.17) is 5.11 Å². The van der Waals surface area contributed by atoms with Crippen molar-refractivity contribution < 1.29 is 19.8 Å². The number of carbonyl (C=O) groups is 2. The summed E-state index contributed by atoms with van der Waals surface area (Å²) in [5, 5.41) is 21.3. The summed E-state index contributed by atoms with van der Waals surface area (Å²) in [5.74, 6) is -1.66. The normalized spacial score (nSPS) is 15.1. The van der Waals surface area contributed by atoms with Gasteiger partial charge in [-0.05, 0) is 25.0 Å². The highest BCUT2D eigenvalue weighted by molar-refractivity contribution is 5.97. The summed E-state index contributed by atoms with van der Waals surface area (Å²) in [6.07, 6.45) is 4.18. The number of nitrogens with one attached hydrogen (secondary N) is 1. The van der Waals surface area contributed by atoms with Crippen molar-refractivity contribution >= 4 is 17.7 Å². The van der Waals surface area contributed by atoms with Crippen LogP contribution in [0.4, 0.5) is 10.5 Å². The zero-order valence-electron chi connectivity index (χ0n) is 11.3. The van der Waals surface area contributed by atoms with Crippen molar-refractivity contribution in [1.29, 1.82) is 0 Å².